The molecule has 0 bridgehead atoms. The van der Waals surface area contributed by atoms with Crippen molar-refractivity contribution in [3.63, 3.8) is 0 Å². The van der Waals surface area contributed by atoms with Crippen molar-refractivity contribution in [3.05, 3.63) is 69.7 Å². The molecule has 16 heavy (non-hydrogen) atoms. The molecule has 0 saturated heterocycles. The highest BCUT2D eigenvalue weighted by Crippen LogP contribution is 2.28. The Hall–Kier alpha value is -1.02. The van der Waals surface area contributed by atoms with Crippen molar-refractivity contribution in [1.82, 2.24) is 0 Å². The molecule has 1 nitrogen and oxygen atoms in total. The molecule has 0 spiro atoms. The fraction of sp³-hybridized carbons (Fsp3) is 0.0769. The minimum atomic E-state index is -0.243. The summed E-state index contributed by atoms with van der Waals surface area (Å²) < 4.78 is 0. The van der Waals surface area contributed by atoms with Crippen LogP contribution in [0, 0.1) is 0 Å². The minimum absolute atomic E-state index is 0.243. The highest BCUT2D eigenvalue weighted by molar-refractivity contribution is 6.33. The van der Waals surface area contributed by atoms with E-state index in [-0.39, 0.29) is 6.04 Å². The molecule has 1 atom stereocenters. The van der Waals surface area contributed by atoms with Gasteiger partial charge in [0.1, 0.15) is 0 Å². The van der Waals surface area contributed by atoms with E-state index in [0.717, 1.165) is 11.1 Å². The maximum Gasteiger partial charge on any atom is 0.0566 e. The maximum atomic E-state index is 6.14. The first-order chi connectivity index (χ1) is 7.68. The van der Waals surface area contributed by atoms with Crippen LogP contribution in [0.2, 0.25) is 10.0 Å². The molecular weight excluding hydrogens is 241 g/mol. The van der Waals surface area contributed by atoms with Crippen LogP contribution in [-0.4, -0.2) is 0 Å². The summed E-state index contributed by atoms with van der Waals surface area (Å²) in [5, 5.41) is 1.28. The second kappa shape index (κ2) is 4.88. The molecule has 2 aromatic carbocycles. The lowest BCUT2D eigenvalue weighted by Crippen LogP contribution is -2.12. The van der Waals surface area contributed by atoms with Gasteiger partial charge in [-0.05, 0) is 29.3 Å². The molecule has 0 amide bonds. The molecule has 3 heteroatoms. The van der Waals surface area contributed by atoms with E-state index in [1.807, 2.05) is 36.4 Å². The highest BCUT2D eigenvalue weighted by atomic mass is 35.5. The van der Waals surface area contributed by atoms with Crippen LogP contribution >= 0.6 is 23.2 Å². The standard InChI is InChI=1S/C13H11Cl2N/c14-10-6-7-12(15)11(8-10)13(16)9-4-2-1-3-5-9/h1-8,13H,16H2. The molecule has 82 valence electrons. The van der Waals surface area contributed by atoms with Crippen LogP contribution in [0.4, 0.5) is 0 Å². The predicted octanol–water partition coefficient (Wildman–Crippen LogP) is 4.04. The first-order valence-corrected chi connectivity index (χ1v) is 5.69. The first kappa shape index (κ1) is 11.5. The van der Waals surface area contributed by atoms with E-state index in [4.69, 9.17) is 28.9 Å². The van der Waals surface area contributed by atoms with Crippen molar-refractivity contribution in [2.75, 3.05) is 0 Å². The molecule has 2 rings (SSSR count). The summed E-state index contributed by atoms with van der Waals surface area (Å²) in [6.45, 7) is 0. The van der Waals surface area contributed by atoms with Crippen LogP contribution < -0.4 is 5.73 Å². The van der Waals surface area contributed by atoms with Gasteiger partial charge in [0.05, 0.1) is 6.04 Å². The van der Waals surface area contributed by atoms with Gasteiger partial charge in [0.25, 0.3) is 0 Å². The second-order valence-corrected chi connectivity index (χ2v) is 4.40. The summed E-state index contributed by atoms with van der Waals surface area (Å²) in [6.07, 6.45) is 0. The lowest BCUT2D eigenvalue weighted by Gasteiger charge is -2.14. The fourth-order valence-electron chi connectivity index (χ4n) is 1.59. The summed E-state index contributed by atoms with van der Waals surface area (Å²) in [5.74, 6) is 0. The molecule has 0 fully saturated rings. The summed E-state index contributed by atoms with van der Waals surface area (Å²) in [6, 6.07) is 14.9. The Morgan fingerprint density at radius 1 is 0.938 bits per heavy atom. The van der Waals surface area contributed by atoms with E-state index in [9.17, 15) is 0 Å². The van der Waals surface area contributed by atoms with Crippen LogP contribution in [0.1, 0.15) is 17.2 Å². The summed E-state index contributed by atoms with van der Waals surface area (Å²) >= 11 is 12.0. The quantitative estimate of drug-likeness (QED) is 0.857. The van der Waals surface area contributed by atoms with Gasteiger partial charge in [-0.25, -0.2) is 0 Å². The Balaban J connectivity index is 2.41. The molecule has 0 aliphatic heterocycles. The zero-order chi connectivity index (χ0) is 11.5. The van der Waals surface area contributed by atoms with E-state index < -0.39 is 0 Å². The highest BCUT2D eigenvalue weighted by Gasteiger charge is 2.12. The third-order valence-electron chi connectivity index (χ3n) is 2.45. The van der Waals surface area contributed by atoms with Crippen molar-refractivity contribution >= 4 is 23.2 Å². The number of halogens is 2. The lowest BCUT2D eigenvalue weighted by atomic mass is 10.00. The van der Waals surface area contributed by atoms with Crippen molar-refractivity contribution in [3.8, 4) is 0 Å². The number of hydrogen-bond acceptors (Lipinski definition) is 1. The van der Waals surface area contributed by atoms with Gasteiger partial charge in [0.15, 0.2) is 0 Å². The largest absolute Gasteiger partial charge is 0.320 e. The van der Waals surface area contributed by atoms with Crippen LogP contribution in [-0.2, 0) is 0 Å². The van der Waals surface area contributed by atoms with Gasteiger partial charge in [-0.1, -0.05) is 53.5 Å². The molecule has 0 heterocycles. The minimum Gasteiger partial charge on any atom is -0.320 e. The van der Waals surface area contributed by atoms with E-state index in [0.29, 0.717) is 10.0 Å². The SMILES string of the molecule is NC(c1ccccc1)c1cc(Cl)ccc1Cl. The third kappa shape index (κ3) is 2.38. The molecule has 0 aliphatic rings. The first-order valence-electron chi connectivity index (χ1n) is 4.94. The van der Waals surface area contributed by atoms with Gasteiger partial charge in [-0.15, -0.1) is 0 Å². The molecule has 2 N–H and O–H groups in total. The van der Waals surface area contributed by atoms with Crippen LogP contribution in [0.25, 0.3) is 0 Å². The summed E-state index contributed by atoms with van der Waals surface area (Å²) in [5.41, 5.74) is 8.01. The predicted molar refractivity (Wildman–Crippen MR) is 68.9 cm³/mol. The number of rotatable bonds is 2. The number of hydrogen-bond donors (Lipinski definition) is 1. The van der Waals surface area contributed by atoms with Gasteiger partial charge < -0.3 is 5.73 Å². The molecular formula is C13H11Cl2N. The lowest BCUT2D eigenvalue weighted by molar-refractivity contribution is 0.872. The molecule has 1 unspecified atom stereocenters. The summed E-state index contributed by atoms with van der Waals surface area (Å²) in [7, 11) is 0. The average Bonchev–Trinajstić information content (AvgIpc) is 2.32. The molecule has 0 saturated carbocycles. The Kier molecular flexibility index (Phi) is 3.49. The molecule has 0 radical (unpaired) electrons. The fourth-order valence-corrected chi connectivity index (χ4v) is 2.01. The second-order valence-electron chi connectivity index (χ2n) is 3.55. The zero-order valence-corrected chi connectivity index (χ0v) is 10.0. The molecule has 0 aliphatic carbocycles. The zero-order valence-electron chi connectivity index (χ0n) is 8.53. The van der Waals surface area contributed by atoms with Gasteiger partial charge in [0, 0.05) is 10.0 Å². The van der Waals surface area contributed by atoms with Crippen LogP contribution in [0.3, 0.4) is 0 Å². The van der Waals surface area contributed by atoms with Crippen LogP contribution in [0.15, 0.2) is 48.5 Å². The maximum absolute atomic E-state index is 6.14. The van der Waals surface area contributed by atoms with E-state index in [1.54, 1.807) is 12.1 Å². The average molecular weight is 252 g/mol. The third-order valence-corrected chi connectivity index (χ3v) is 3.03. The Labute approximate surface area is 105 Å². The van der Waals surface area contributed by atoms with Crippen LogP contribution in [0.5, 0.6) is 0 Å². The molecule has 0 aromatic heterocycles. The van der Waals surface area contributed by atoms with Crippen molar-refractivity contribution in [1.29, 1.82) is 0 Å². The monoisotopic (exact) mass is 251 g/mol. The summed E-state index contributed by atoms with van der Waals surface area (Å²) in [4.78, 5) is 0. The molecule has 2 aromatic rings. The van der Waals surface area contributed by atoms with Crippen molar-refractivity contribution in [2.45, 2.75) is 6.04 Å². The van der Waals surface area contributed by atoms with Gasteiger partial charge in [-0.2, -0.15) is 0 Å². The number of nitrogens with two attached hydrogens (primary N) is 1. The Morgan fingerprint density at radius 2 is 1.62 bits per heavy atom. The van der Waals surface area contributed by atoms with Gasteiger partial charge in [0.2, 0.25) is 0 Å². The van der Waals surface area contributed by atoms with Gasteiger partial charge >= 0.3 is 0 Å². The van der Waals surface area contributed by atoms with E-state index in [2.05, 4.69) is 0 Å². The Bertz CT molecular complexity index is 483. The van der Waals surface area contributed by atoms with Gasteiger partial charge in [-0.3, -0.25) is 0 Å². The normalized spacial score (nSPS) is 12.4. The van der Waals surface area contributed by atoms with E-state index >= 15 is 0 Å². The van der Waals surface area contributed by atoms with Crippen molar-refractivity contribution in [2.24, 2.45) is 5.73 Å². The number of benzene rings is 2. The van der Waals surface area contributed by atoms with E-state index in [1.165, 1.54) is 0 Å². The topological polar surface area (TPSA) is 26.0 Å². The Morgan fingerprint density at radius 3 is 2.31 bits per heavy atom. The smallest absolute Gasteiger partial charge is 0.0566 e. The van der Waals surface area contributed by atoms with Crippen molar-refractivity contribution < 1.29 is 0 Å².